The number of esters is 1. The number of β-lactam (4-membered cyclic amide) rings is 1. The predicted octanol–water partition coefficient (Wildman–Crippen LogP) is 2.02. The Morgan fingerprint density at radius 2 is 1.75 bits per heavy atom. The largest absolute Gasteiger partial charge is 0.497 e. The molecule has 1 N–H and O–H groups in total. The lowest BCUT2D eigenvalue weighted by molar-refractivity contribution is -0.240. The van der Waals surface area contributed by atoms with Gasteiger partial charge in [-0.15, -0.1) is 0 Å². The van der Waals surface area contributed by atoms with Crippen molar-refractivity contribution < 1.29 is 38.5 Å². The molecule has 1 aliphatic rings. The van der Waals surface area contributed by atoms with E-state index < -0.39 is 29.6 Å². The van der Waals surface area contributed by atoms with E-state index in [9.17, 15) is 19.5 Å². The van der Waals surface area contributed by atoms with Crippen molar-refractivity contribution in [2.75, 3.05) is 28.4 Å². The summed E-state index contributed by atoms with van der Waals surface area (Å²) in [6, 6.07) is 11.9. The molecule has 1 fully saturated rings. The summed E-state index contributed by atoms with van der Waals surface area (Å²) >= 11 is 0. The third-order valence-corrected chi connectivity index (χ3v) is 5.44. The number of hydrogen-bond donors (Lipinski definition) is 1. The molecular formula is C22H24N2O8. The Bertz CT molecular complexity index is 1010. The summed E-state index contributed by atoms with van der Waals surface area (Å²) in [5.74, 6) is -0.426. The van der Waals surface area contributed by atoms with Gasteiger partial charge in [-0.2, -0.15) is 5.06 Å². The third kappa shape index (κ3) is 3.48. The maximum atomic E-state index is 13.6. The minimum Gasteiger partial charge on any atom is -0.497 e. The van der Waals surface area contributed by atoms with Crippen LogP contribution in [0.1, 0.15) is 11.1 Å². The summed E-state index contributed by atoms with van der Waals surface area (Å²) in [4.78, 5) is 44.8. The minimum absolute atomic E-state index is 0.0302. The van der Waals surface area contributed by atoms with Crippen LogP contribution in [-0.2, 0) is 31.2 Å². The van der Waals surface area contributed by atoms with Gasteiger partial charge in [-0.3, -0.25) is 9.63 Å². The number of ether oxygens (including phenoxy) is 3. The van der Waals surface area contributed by atoms with Crippen LogP contribution >= 0.6 is 0 Å². The maximum Gasteiger partial charge on any atom is 0.432 e. The highest BCUT2D eigenvalue weighted by atomic mass is 16.7. The molecule has 0 saturated carbocycles. The zero-order chi connectivity index (χ0) is 23.5. The molecule has 0 radical (unpaired) electrons. The van der Waals surface area contributed by atoms with Crippen LogP contribution < -0.4 is 9.47 Å². The van der Waals surface area contributed by atoms with E-state index in [4.69, 9.17) is 19.0 Å². The first-order valence-electron chi connectivity index (χ1n) is 9.59. The Labute approximate surface area is 184 Å². The molecule has 3 rings (SSSR count). The van der Waals surface area contributed by atoms with Gasteiger partial charge < -0.3 is 24.2 Å². The van der Waals surface area contributed by atoms with E-state index in [0.717, 1.165) is 7.11 Å². The van der Waals surface area contributed by atoms with Crippen LogP contribution in [0.3, 0.4) is 0 Å². The lowest BCUT2D eigenvalue weighted by Gasteiger charge is -2.56. The van der Waals surface area contributed by atoms with Crippen molar-refractivity contribution in [3.8, 4) is 11.5 Å². The van der Waals surface area contributed by atoms with E-state index in [-0.39, 0.29) is 12.1 Å². The fourth-order valence-electron chi connectivity index (χ4n) is 4.01. The number of methoxy groups -OCH3 is 3. The summed E-state index contributed by atoms with van der Waals surface area (Å²) in [6.45, 7) is -0.0302. The second kappa shape index (κ2) is 9.15. The molecule has 170 valence electrons. The van der Waals surface area contributed by atoms with Gasteiger partial charge in [-0.25, -0.2) is 9.59 Å². The summed E-state index contributed by atoms with van der Waals surface area (Å²) in [5, 5.41) is 10.3. The highest BCUT2D eigenvalue weighted by molar-refractivity contribution is 6.05. The first kappa shape index (κ1) is 22.9. The zero-order valence-electron chi connectivity index (χ0n) is 18.1. The first-order valence-corrected chi connectivity index (χ1v) is 9.59. The second-order valence-corrected chi connectivity index (χ2v) is 6.93. The van der Waals surface area contributed by atoms with Gasteiger partial charge in [0.25, 0.3) is 5.91 Å². The molecule has 1 saturated heterocycles. The van der Waals surface area contributed by atoms with Crippen LogP contribution in [0.15, 0.2) is 48.5 Å². The maximum absolute atomic E-state index is 13.6. The molecule has 0 aromatic heterocycles. The van der Waals surface area contributed by atoms with E-state index in [1.165, 1.54) is 26.2 Å². The number of nitrogens with zero attached hydrogens (tertiary/aromatic N) is 2. The number of hydrogen-bond acceptors (Lipinski definition) is 7. The summed E-state index contributed by atoms with van der Waals surface area (Å²) in [5.41, 5.74) is -1.08. The third-order valence-electron chi connectivity index (χ3n) is 5.44. The van der Waals surface area contributed by atoms with Gasteiger partial charge in [0.15, 0.2) is 6.04 Å². The number of benzene rings is 2. The van der Waals surface area contributed by atoms with Gasteiger partial charge in [0.2, 0.25) is 5.54 Å². The normalized spacial score (nSPS) is 19.7. The van der Waals surface area contributed by atoms with E-state index in [1.807, 2.05) is 0 Å². The van der Waals surface area contributed by atoms with Gasteiger partial charge in [0, 0.05) is 11.6 Å². The van der Waals surface area contributed by atoms with Crippen molar-refractivity contribution in [1.82, 2.24) is 9.96 Å². The quantitative estimate of drug-likeness (QED) is 0.374. The van der Waals surface area contributed by atoms with Crippen molar-refractivity contribution in [2.45, 2.75) is 18.1 Å². The SMILES string of the molecule is COC(=O)[C@@H]1N(Cc2ccc(OC)cc2OC)C(=O)[C@@]1(c1ccccc1)N(OC)C(=O)O. The Kier molecular flexibility index (Phi) is 6.54. The lowest BCUT2D eigenvalue weighted by Crippen LogP contribution is -2.80. The summed E-state index contributed by atoms with van der Waals surface area (Å²) in [7, 11) is 5.28. The molecule has 2 atom stereocenters. The van der Waals surface area contributed by atoms with E-state index in [2.05, 4.69) is 0 Å². The number of carbonyl (C=O) groups is 3. The van der Waals surface area contributed by atoms with Crippen molar-refractivity contribution in [2.24, 2.45) is 0 Å². The number of likely N-dealkylation sites (tertiary alicyclic amines) is 1. The molecule has 0 unspecified atom stereocenters. The Morgan fingerprint density at radius 3 is 2.28 bits per heavy atom. The topological polar surface area (TPSA) is 115 Å². The molecule has 2 amide bonds. The monoisotopic (exact) mass is 444 g/mol. The molecule has 2 aromatic carbocycles. The molecule has 1 heterocycles. The van der Waals surface area contributed by atoms with Crippen LogP contribution in [0.5, 0.6) is 11.5 Å². The Morgan fingerprint density at radius 1 is 1.06 bits per heavy atom. The van der Waals surface area contributed by atoms with Crippen LogP contribution in [-0.4, -0.2) is 67.5 Å². The number of rotatable bonds is 8. The van der Waals surface area contributed by atoms with E-state index >= 15 is 0 Å². The number of carboxylic acid groups (broad SMARTS) is 1. The molecule has 10 nitrogen and oxygen atoms in total. The van der Waals surface area contributed by atoms with E-state index in [1.54, 1.807) is 48.5 Å². The number of hydroxylamine groups is 2. The van der Waals surface area contributed by atoms with Crippen LogP contribution in [0, 0.1) is 0 Å². The summed E-state index contributed by atoms with van der Waals surface area (Å²) < 4.78 is 15.5. The minimum atomic E-state index is -1.95. The van der Waals surface area contributed by atoms with Crippen LogP contribution in [0.2, 0.25) is 0 Å². The van der Waals surface area contributed by atoms with Crippen molar-refractivity contribution in [1.29, 1.82) is 0 Å². The molecule has 2 aromatic rings. The van der Waals surface area contributed by atoms with Gasteiger partial charge in [-0.1, -0.05) is 30.3 Å². The van der Waals surface area contributed by atoms with Gasteiger partial charge in [0.1, 0.15) is 11.5 Å². The predicted molar refractivity (Wildman–Crippen MR) is 111 cm³/mol. The van der Waals surface area contributed by atoms with Crippen LogP contribution in [0.4, 0.5) is 4.79 Å². The molecule has 10 heteroatoms. The highest BCUT2D eigenvalue weighted by Gasteiger charge is 2.71. The van der Waals surface area contributed by atoms with Gasteiger partial charge in [0.05, 0.1) is 35.0 Å². The number of carbonyl (C=O) groups excluding carboxylic acids is 2. The van der Waals surface area contributed by atoms with Gasteiger partial charge >= 0.3 is 12.1 Å². The molecule has 1 aliphatic heterocycles. The van der Waals surface area contributed by atoms with Crippen molar-refractivity contribution >= 4 is 18.0 Å². The standard InChI is InChI=1S/C22H24N2O8/c1-29-16-11-10-14(17(12-16)30-2)13-23-18(19(25)31-3)22(20(23)26,24(32-4)21(27)28)15-8-6-5-7-9-15/h5-12,18H,13H2,1-4H3,(H,27,28)/t18-,22-/m0/s1. The smallest absolute Gasteiger partial charge is 0.432 e. The number of amides is 2. The molecule has 0 spiro atoms. The fraction of sp³-hybridized carbons (Fsp3) is 0.318. The van der Waals surface area contributed by atoms with Crippen molar-refractivity contribution in [3.63, 3.8) is 0 Å². The molecule has 0 aliphatic carbocycles. The Balaban J connectivity index is 2.12. The molecular weight excluding hydrogens is 420 g/mol. The zero-order valence-corrected chi connectivity index (χ0v) is 18.1. The lowest BCUT2D eigenvalue weighted by atomic mass is 9.72. The fourth-order valence-corrected chi connectivity index (χ4v) is 4.01. The van der Waals surface area contributed by atoms with Crippen molar-refractivity contribution in [3.05, 3.63) is 59.7 Å². The summed E-state index contributed by atoms with van der Waals surface area (Å²) in [6.07, 6.45) is -1.53. The second-order valence-electron chi connectivity index (χ2n) is 6.93. The average molecular weight is 444 g/mol. The van der Waals surface area contributed by atoms with Crippen LogP contribution in [0.25, 0.3) is 0 Å². The highest BCUT2D eigenvalue weighted by Crippen LogP contribution is 2.47. The Hall–Kier alpha value is -3.79. The van der Waals surface area contributed by atoms with E-state index in [0.29, 0.717) is 22.1 Å². The van der Waals surface area contributed by atoms with Gasteiger partial charge in [-0.05, 0) is 17.7 Å². The average Bonchev–Trinajstić information content (AvgIpc) is 2.82. The first-order chi connectivity index (χ1) is 15.4. The molecule has 0 bridgehead atoms. The molecule has 32 heavy (non-hydrogen) atoms.